The minimum Gasteiger partial charge on any atom is -0.486 e. The quantitative estimate of drug-likeness (QED) is 0.649. The van der Waals surface area contributed by atoms with Crippen LogP contribution < -0.4 is 15.0 Å². The number of ether oxygens (including phenoxy) is 2. The third-order valence-corrected chi connectivity index (χ3v) is 5.00. The maximum Gasteiger partial charge on any atom is 0.282 e. The first-order valence-electron chi connectivity index (χ1n) is 7.84. The molecule has 1 amide bonds. The lowest BCUT2D eigenvalue weighted by Crippen LogP contribution is -2.33. The number of nitrogens with one attached hydrogen (secondary N) is 1. The largest absolute Gasteiger partial charge is 0.486 e. The highest BCUT2D eigenvalue weighted by Crippen LogP contribution is 2.67. The standard InChI is InChI=1S/C18H15ClFNO4/c19-12-8-11(9-13-16(12)25-7-6-24-13)15-14(10-4-2-1-3-5-10)18(15,20)17(22)21-23/h1-5,8-9,14-15,23H,6-7H2,(H,21,22)/t14-,15-,18-/m1/s1. The number of carbonyl (C=O) groups excluding carboxylic acids is 1. The number of carbonyl (C=O) groups is 1. The number of amides is 1. The average Bonchev–Trinajstić information content (AvgIpc) is 3.29. The maximum atomic E-state index is 15.5. The molecule has 1 saturated carbocycles. The Balaban J connectivity index is 1.78. The van der Waals surface area contributed by atoms with E-state index >= 15 is 4.39 Å². The van der Waals surface area contributed by atoms with Gasteiger partial charge in [-0.25, -0.2) is 9.87 Å². The van der Waals surface area contributed by atoms with Crippen LogP contribution in [0.15, 0.2) is 42.5 Å². The van der Waals surface area contributed by atoms with E-state index < -0.39 is 23.4 Å². The molecule has 4 rings (SSSR count). The van der Waals surface area contributed by atoms with Gasteiger partial charge in [0.2, 0.25) is 5.67 Å². The summed E-state index contributed by atoms with van der Waals surface area (Å²) in [5, 5.41) is 9.28. The van der Waals surface area contributed by atoms with Crippen LogP contribution in [-0.2, 0) is 4.79 Å². The molecule has 2 aromatic rings. The summed E-state index contributed by atoms with van der Waals surface area (Å²) in [7, 11) is 0. The zero-order valence-electron chi connectivity index (χ0n) is 13.0. The number of hydrogen-bond donors (Lipinski definition) is 2. The Morgan fingerprint density at radius 3 is 2.56 bits per heavy atom. The summed E-state index contributed by atoms with van der Waals surface area (Å²) in [6.45, 7) is 0.763. The predicted molar refractivity (Wildman–Crippen MR) is 88.1 cm³/mol. The molecule has 25 heavy (non-hydrogen) atoms. The van der Waals surface area contributed by atoms with E-state index in [1.807, 2.05) is 6.07 Å². The highest BCUT2D eigenvalue weighted by atomic mass is 35.5. The van der Waals surface area contributed by atoms with E-state index in [0.29, 0.717) is 40.9 Å². The second-order valence-electron chi connectivity index (χ2n) is 6.10. The van der Waals surface area contributed by atoms with Crippen LogP contribution in [0.2, 0.25) is 5.02 Å². The monoisotopic (exact) mass is 363 g/mol. The number of alkyl halides is 1. The Labute approximate surface area is 148 Å². The fourth-order valence-corrected chi connectivity index (χ4v) is 3.84. The van der Waals surface area contributed by atoms with E-state index in [-0.39, 0.29) is 0 Å². The van der Waals surface area contributed by atoms with Gasteiger partial charge in [0.05, 0.1) is 5.02 Å². The molecule has 3 atom stereocenters. The smallest absolute Gasteiger partial charge is 0.282 e. The fraction of sp³-hybridized carbons (Fsp3) is 0.278. The van der Waals surface area contributed by atoms with Crippen LogP contribution in [-0.4, -0.2) is 30.0 Å². The zero-order valence-corrected chi connectivity index (χ0v) is 13.8. The minimum atomic E-state index is -2.26. The lowest BCUT2D eigenvalue weighted by molar-refractivity contribution is -0.136. The molecule has 2 aliphatic rings. The molecule has 0 radical (unpaired) electrons. The van der Waals surface area contributed by atoms with E-state index in [0.717, 1.165) is 0 Å². The van der Waals surface area contributed by atoms with Crippen LogP contribution in [0.4, 0.5) is 4.39 Å². The van der Waals surface area contributed by atoms with E-state index in [2.05, 4.69) is 0 Å². The van der Waals surface area contributed by atoms with Crippen LogP contribution in [0.3, 0.4) is 0 Å². The Morgan fingerprint density at radius 2 is 1.84 bits per heavy atom. The van der Waals surface area contributed by atoms with Crippen molar-refractivity contribution in [2.24, 2.45) is 0 Å². The number of benzene rings is 2. The van der Waals surface area contributed by atoms with Crippen molar-refractivity contribution in [2.45, 2.75) is 17.5 Å². The molecule has 0 bridgehead atoms. The van der Waals surface area contributed by atoms with Gasteiger partial charge in [-0.3, -0.25) is 10.0 Å². The Kier molecular flexibility index (Phi) is 3.81. The number of hydrogen-bond acceptors (Lipinski definition) is 4. The van der Waals surface area contributed by atoms with Gasteiger partial charge in [0, 0.05) is 11.8 Å². The van der Waals surface area contributed by atoms with Gasteiger partial charge in [-0.15, -0.1) is 0 Å². The molecule has 0 aromatic heterocycles. The fourth-order valence-electron chi connectivity index (χ4n) is 3.57. The summed E-state index contributed by atoms with van der Waals surface area (Å²) in [5.74, 6) is -1.73. The molecule has 130 valence electrons. The molecule has 1 fully saturated rings. The Morgan fingerprint density at radius 1 is 1.16 bits per heavy atom. The van der Waals surface area contributed by atoms with Gasteiger partial charge in [0.15, 0.2) is 11.5 Å². The molecule has 0 spiro atoms. The summed E-state index contributed by atoms with van der Waals surface area (Å²) in [6, 6.07) is 12.1. The summed E-state index contributed by atoms with van der Waals surface area (Å²) in [6.07, 6.45) is 0. The van der Waals surface area contributed by atoms with E-state index in [4.69, 9.17) is 26.3 Å². The van der Waals surface area contributed by atoms with Gasteiger partial charge in [-0.2, -0.15) is 0 Å². The molecule has 0 saturated heterocycles. The van der Waals surface area contributed by atoms with Gasteiger partial charge >= 0.3 is 0 Å². The van der Waals surface area contributed by atoms with Crippen molar-refractivity contribution in [2.75, 3.05) is 13.2 Å². The highest BCUT2D eigenvalue weighted by molar-refractivity contribution is 6.32. The third kappa shape index (κ3) is 2.44. The van der Waals surface area contributed by atoms with Crippen molar-refractivity contribution < 1.29 is 23.9 Å². The lowest BCUT2D eigenvalue weighted by atomic mass is 10.0. The lowest BCUT2D eigenvalue weighted by Gasteiger charge is -2.20. The molecule has 5 nitrogen and oxygen atoms in total. The molecule has 2 aromatic carbocycles. The van der Waals surface area contributed by atoms with Crippen molar-refractivity contribution in [3.63, 3.8) is 0 Å². The molecule has 0 unspecified atom stereocenters. The second kappa shape index (κ2) is 5.89. The molecule has 2 N–H and O–H groups in total. The molecule has 1 heterocycles. The Bertz CT molecular complexity index is 831. The van der Waals surface area contributed by atoms with Crippen LogP contribution >= 0.6 is 11.6 Å². The van der Waals surface area contributed by atoms with Crippen molar-refractivity contribution >= 4 is 17.5 Å². The summed E-state index contributed by atoms with van der Waals surface area (Å²) in [4.78, 5) is 12.0. The van der Waals surface area contributed by atoms with E-state index in [1.165, 1.54) is 5.48 Å². The highest BCUT2D eigenvalue weighted by Gasteiger charge is 2.72. The molecular formula is C18H15ClFNO4. The Hall–Kier alpha value is -2.31. The molecule has 1 aliphatic carbocycles. The SMILES string of the molecule is O=C(NO)[C@@]1(F)[C@H](c2ccccc2)[C@H]1c1cc(Cl)c2c(c1)OCCO2. The van der Waals surface area contributed by atoms with Crippen molar-refractivity contribution in [1.82, 2.24) is 5.48 Å². The first-order chi connectivity index (χ1) is 12.1. The van der Waals surface area contributed by atoms with Crippen molar-refractivity contribution in [3.05, 3.63) is 58.6 Å². The number of hydroxylamine groups is 1. The van der Waals surface area contributed by atoms with Crippen LogP contribution in [0.25, 0.3) is 0 Å². The van der Waals surface area contributed by atoms with Crippen LogP contribution in [0.1, 0.15) is 23.0 Å². The van der Waals surface area contributed by atoms with Crippen molar-refractivity contribution in [3.8, 4) is 11.5 Å². The summed E-state index contributed by atoms with van der Waals surface area (Å²) >= 11 is 6.24. The van der Waals surface area contributed by atoms with Crippen LogP contribution in [0, 0.1) is 0 Å². The normalized spacial score (nSPS) is 26.8. The second-order valence-corrected chi connectivity index (χ2v) is 6.51. The van der Waals surface area contributed by atoms with E-state index in [1.54, 1.807) is 36.4 Å². The number of halogens is 2. The van der Waals surface area contributed by atoms with Crippen molar-refractivity contribution in [1.29, 1.82) is 0 Å². The predicted octanol–water partition coefficient (Wildman–Crippen LogP) is 3.21. The number of fused-ring (bicyclic) bond motifs is 1. The van der Waals surface area contributed by atoms with Gasteiger partial charge in [-0.1, -0.05) is 41.9 Å². The third-order valence-electron chi connectivity index (χ3n) is 4.72. The molecule has 7 heteroatoms. The van der Waals surface area contributed by atoms with Gasteiger partial charge in [0.25, 0.3) is 5.91 Å². The molecule has 1 aliphatic heterocycles. The molecular weight excluding hydrogens is 349 g/mol. The van der Waals surface area contributed by atoms with Gasteiger partial charge in [0.1, 0.15) is 13.2 Å². The average molecular weight is 364 g/mol. The van der Waals surface area contributed by atoms with Gasteiger partial charge in [-0.05, 0) is 23.3 Å². The summed E-state index contributed by atoms with van der Waals surface area (Å²) < 4.78 is 26.5. The topological polar surface area (TPSA) is 67.8 Å². The first-order valence-corrected chi connectivity index (χ1v) is 8.22. The van der Waals surface area contributed by atoms with Gasteiger partial charge < -0.3 is 9.47 Å². The zero-order chi connectivity index (χ0) is 17.6. The van der Waals surface area contributed by atoms with Crippen LogP contribution in [0.5, 0.6) is 11.5 Å². The summed E-state index contributed by atoms with van der Waals surface area (Å²) in [5.41, 5.74) is 0.374. The van der Waals surface area contributed by atoms with E-state index in [9.17, 15) is 4.79 Å². The minimum absolute atomic E-state index is 0.303. The first kappa shape index (κ1) is 16.2. The number of rotatable bonds is 3. The maximum absolute atomic E-state index is 15.5.